The van der Waals surface area contributed by atoms with Crippen molar-refractivity contribution in [2.75, 3.05) is 6.54 Å². The van der Waals surface area contributed by atoms with E-state index in [1.807, 2.05) is 30.5 Å². The zero-order valence-electron chi connectivity index (χ0n) is 12.9. The third kappa shape index (κ3) is 2.04. The van der Waals surface area contributed by atoms with Crippen molar-refractivity contribution in [3.63, 3.8) is 0 Å². The third-order valence-corrected chi connectivity index (χ3v) is 4.41. The number of pyridine rings is 1. The van der Waals surface area contributed by atoms with Gasteiger partial charge in [-0.25, -0.2) is 9.97 Å². The number of likely N-dealkylation sites (tertiary alicyclic amines) is 1. The molecule has 1 aliphatic heterocycles. The second-order valence-corrected chi connectivity index (χ2v) is 6.08. The van der Waals surface area contributed by atoms with Crippen molar-refractivity contribution in [2.24, 2.45) is 0 Å². The number of furan rings is 1. The summed E-state index contributed by atoms with van der Waals surface area (Å²) in [6, 6.07) is 8.31. The monoisotopic (exact) mass is 296 g/mol. The molecule has 1 atom stereocenters. The van der Waals surface area contributed by atoms with E-state index in [1.54, 1.807) is 6.26 Å². The maximum absolute atomic E-state index is 5.62. The van der Waals surface area contributed by atoms with Gasteiger partial charge in [0.2, 0.25) is 0 Å². The molecule has 114 valence electrons. The molecular weight excluding hydrogens is 276 g/mol. The molecule has 4 heterocycles. The average molecular weight is 296 g/mol. The Balaban J connectivity index is 1.93. The summed E-state index contributed by atoms with van der Waals surface area (Å²) >= 11 is 0. The third-order valence-electron chi connectivity index (χ3n) is 4.41. The molecule has 1 fully saturated rings. The van der Waals surface area contributed by atoms with Crippen LogP contribution in [0.1, 0.15) is 32.9 Å². The fourth-order valence-corrected chi connectivity index (χ4v) is 3.44. The summed E-state index contributed by atoms with van der Waals surface area (Å²) in [6.07, 6.45) is 6.14. The minimum absolute atomic E-state index is 0.292. The van der Waals surface area contributed by atoms with E-state index in [9.17, 15) is 0 Å². The maximum Gasteiger partial charge on any atom is 0.179 e. The van der Waals surface area contributed by atoms with Crippen LogP contribution in [0.3, 0.4) is 0 Å². The highest BCUT2D eigenvalue weighted by atomic mass is 16.3. The SMILES string of the molecule is CC(C)N1CCCC1n1c(-c2ccco2)nc2cccnc21. The molecule has 5 heteroatoms. The molecule has 0 radical (unpaired) electrons. The quantitative estimate of drug-likeness (QED) is 0.739. The van der Waals surface area contributed by atoms with Crippen molar-refractivity contribution in [3.8, 4) is 11.6 Å². The Kier molecular flexibility index (Phi) is 3.22. The predicted octanol–water partition coefficient (Wildman–Crippen LogP) is 3.69. The van der Waals surface area contributed by atoms with E-state index in [-0.39, 0.29) is 0 Å². The van der Waals surface area contributed by atoms with Crippen LogP contribution in [0.15, 0.2) is 41.1 Å². The number of fused-ring (bicyclic) bond motifs is 1. The molecule has 1 aliphatic rings. The Morgan fingerprint density at radius 1 is 1.27 bits per heavy atom. The van der Waals surface area contributed by atoms with Crippen LogP contribution in [0.25, 0.3) is 22.7 Å². The van der Waals surface area contributed by atoms with Gasteiger partial charge in [0.1, 0.15) is 5.52 Å². The molecule has 0 saturated carbocycles. The molecule has 22 heavy (non-hydrogen) atoms. The van der Waals surface area contributed by atoms with Gasteiger partial charge in [0.15, 0.2) is 17.2 Å². The molecule has 0 amide bonds. The van der Waals surface area contributed by atoms with Crippen LogP contribution in [-0.4, -0.2) is 32.0 Å². The topological polar surface area (TPSA) is 47.1 Å². The minimum Gasteiger partial charge on any atom is -0.461 e. The molecule has 0 aliphatic carbocycles. The summed E-state index contributed by atoms with van der Waals surface area (Å²) in [4.78, 5) is 11.9. The van der Waals surface area contributed by atoms with Crippen molar-refractivity contribution in [3.05, 3.63) is 36.7 Å². The van der Waals surface area contributed by atoms with E-state index < -0.39 is 0 Å². The van der Waals surface area contributed by atoms with Crippen LogP contribution in [0.4, 0.5) is 0 Å². The van der Waals surface area contributed by atoms with Crippen LogP contribution in [0, 0.1) is 0 Å². The summed E-state index contributed by atoms with van der Waals surface area (Å²) < 4.78 is 7.87. The number of imidazole rings is 1. The highest BCUT2D eigenvalue weighted by molar-refractivity contribution is 5.76. The van der Waals surface area contributed by atoms with Crippen LogP contribution in [0.2, 0.25) is 0 Å². The molecule has 5 nitrogen and oxygen atoms in total. The van der Waals surface area contributed by atoms with Crippen LogP contribution in [-0.2, 0) is 0 Å². The summed E-state index contributed by atoms with van der Waals surface area (Å²) in [5, 5.41) is 0. The zero-order valence-corrected chi connectivity index (χ0v) is 12.9. The van der Waals surface area contributed by atoms with Crippen LogP contribution in [0.5, 0.6) is 0 Å². The lowest BCUT2D eigenvalue weighted by Crippen LogP contribution is -2.33. The van der Waals surface area contributed by atoms with E-state index in [0.717, 1.165) is 35.7 Å². The van der Waals surface area contributed by atoms with Crippen molar-refractivity contribution in [1.82, 2.24) is 19.4 Å². The van der Waals surface area contributed by atoms with Crippen molar-refractivity contribution in [1.29, 1.82) is 0 Å². The van der Waals surface area contributed by atoms with Gasteiger partial charge >= 0.3 is 0 Å². The van der Waals surface area contributed by atoms with Gasteiger partial charge < -0.3 is 4.42 Å². The first-order valence-corrected chi connectivity index (χ1v) is 7.88. The molecule has 3 aromatic rings. The van der Waals surface area contributed by atoms with Crippen LogP contribution >= 0.6 is 0 Å². The van der Waals surface area contributed by atoms with Crippen molar-refractivity contribution in [2.45, 2.75) is 38.9 Å². The lowest BCUT2D eigenvalue weighted by molar-refractivity contribution is 0.155. The van der Waals surface area contributed by atoms with Crippen LogP contribution < -0.4 is 0 Å². The molecule has 0 spiro atoms. The minimum atomic E-state index is 0.292. The molecular formula is C17H20N4O. The fraction of sp³-hybridized carbons (Fsp3) is 0.412. The van der Waals surface area contributed by atoms with Crippen molar-refractivity contribution < 1.29 is 4.42 Å². The van der Waals surface area contributed by atoms with Gasteiger partial charge in [-0.1, -0.05) is 0 Å². The smallest absolute Gasteiger partial charge is 0.179 e. The Labute approximate surface area is 129 Å². The normalized spacial score (nSPS) is 19.5. The van der Waals surface area contributed by atoms with Crippen molar-refractivity contribution >= 4 is 11.2 Å². The maximum atomic E-state index is 5.62. The molecule has 0 N–H and O–H groups in total. The van der Waals surface area contributed by atoms with Gasteiger partial charge in [0.05, 0.1) is 12.4 Å². The Morgan fingerprint density at radius 2 is 2.18 bits per heavy atom. The molecule has 0 aromatic carbocycles. The molecule has 1 unspecified atom stereocenters. The summed E-state index contributed by atoms with van der Waals surface area (Å²) in [5.74, 6) is 1.67. The fourth-order valence-electron chi connectivity index (χ4n) is 3.44. The Morgan fingerprint density at radius 3 is 2.95 bits per heavy atom. The second kappa shape index (κ2) is 5.25. The van der Waals surface area contributed by atoms with Gasteiger partial charge in [-0.3, -0.25) is 9.47 Å². The summed E-state index contributed by atoms with van der Waals surface area (Å²) in [5.41, 5.74) is 1.86. The van der Waals surface area contributed by atoms with E-state index >= 15 is 0 Å². The number of aromatic nitrogens is 3. The molecule has 3 aromatic heterocycles. The summed E-state index contributed by atoms with van der Waals surface area (Å²) in [7, 11) is 0. The van der Waals surface area contributed by atoms with Gasteiger partial charge in [-0.05, 0) is 51.0 Å². The number of nitrogens with zero attached hydrogens (tertiary/aromatic N) is 4. The first kappa shape index (κ1) is 13.5. The highest BCUT2D eigenvalue weighted by Gasteiger charge is 2.32. The predicted molar refractivity (Wildman–Crippen MR) is 85.3 cm³/mol. The first-order chi connectivity index (χ1) is 10.8. The molecule has 4 rings (SSSR count). The Bertz CT molecular complexity index is 775. The number of rotatable bonds is 3. The van der Waals surface area contributed by atoms with E-state index in [4.69, 9.17) is 9.40 Å². The first-order valence-electron chi connectivity index (χ1n) is 7.88. The van der Waals surface area contributed by atoms with E-state index in [1.165, 1.54) is 6.42 Å². The van der Waals surface area contributed by atoms with E-state index in [0.29, 0.717) is 12.2 Å². The largest absolute Gasteiger partial charge is 0.461 e. The average Bonchev–Trinajstić information content (AvgIpc) is 3.24. The van der Waals surface area contributed by atoms with Gasteiger partial charge in [-0.15, -0.1) is 0 Å². The second-order valence-electron chi connectivity index (χ2n) is 6.08. The lowest BCUT2D eigenvalue weighted by Gasteiger charge is -2.30. The molecule has 1 saturated heterocycles. The Hall–Kier alpha value is -2.14. The summed E-state index contributed by atoms with van der Waals surface area (Å²) in [6.45, 7) is 5.61. The lowest BCUT2D eigenvalue weighted by atomic mass is 10.3. The van der Waals surface area contributed by atoms with E-state index in [2.05, 4.69) is 28.3 Å². The number of hydrogen-bond acceptors (Lipinski definition) is 4. The standard InChI is InChI=1S/C17H20N4O/c1-12(2)20-10-4-8-15(20)21-16-13(6-3-9-18-16)19-17(21)14-7-5-11-22-14/h3,5-7,9,11-12,15H,4,8,10H2,1-2H3. The number of hydrogen-bond donors (Lipinski definition) is 0. The highest BCUT2D eigenvalue weighted by Crippen LogP contribution is 2.35. The van der Waals surface area contributed by atoms with Gasteiger partial charge in [-0.2, -0.15) is 0 Å². The van der Waals surface area contributed by atoms with Gasteiger partial charge in [0, 0.05) is 18.8 Å². The zero-order chi connectivity index (χ0) is 15.1. The van der Waals surface area contributed by atoms with Gasteiger partial charge in [0.25, 0.3) is 0 Å². The molecule has 0 bridgehead atoms.